The Labute approximate surface area is 114 Å². The van der Waals surface area contributed by atoms with Crippen LogP contribution in [0.4, 0.5) is 5.69 Å². The van der Waals surface area contributed by atoms with Crippen LogP contribution in [0.1, 0.15) is 0 Å². The van der Waals surface area contributed by atoms with Crippen LogP contribution >= 0.6 is 0 Å². The van der Waals surface area contributed by atoms with Crippen LogP contribution < -0.4 is 15.0 Å². The maximum atomic E-state index is 11.1. The van der Waals surface area contributed by atoms with Crippen LogP contribution in [0.2, 0.25) is 0 Å². The molecule has 0 amide bonds. The van der Waals surface area contributed by atoms with Gasteiger partial charge >= 0.3 is 0 Å². The Bertz CT molecular complexity index is 510. The van der Waals surface area contributed by atoms with Gasteiger partial charge in [0, 0.05) is 32.4 Å². The quantitative estimate of drug-likeness (QED) is 0.854. The van der Waals surface area contributed by atoms with Crippen LogP contribution in [-0.2, 0) is 9.84 Å². The lowest BCUT2D eigenvalue weighted by atomic mass is 10.2. The number of hydrogen-bond acceptors (Lipinski definition) is 5. The van der Waals surface area contributed by atoms with Crippen molar-refractivity contribution in [2.75, 3.05) is 49.7 Å². The third kappa shape index (κ3) is 4.40. The Kier molecular flexibility index (Phi) is 4.66. The molecule has 2 rings (SSSR count). The van der Waals surface area contributed by atoms with Crippen molar-refractivity contribution in [3.8, 4) is 5.75 Å². The molecule has 1 N–H and O–H groups in total. The van der Waals surface area contributed by atoms with Crippen molar-refractivity contribution >= 4 is 15.5 Å². The van der Waals surface area contributed by atoms with Gasteiger partial charge in [0.25, 0.3) is 0 Å². The molecule has 0 radical (unpaired) electrons. The number of anilines is 1. The minimum atomic E-state index is -2.98. The van der Waals surface area contributed by atoms with E-state index in [9.17, 15) is 8.42 Å². The van der Waals surface area contributed by atoms with Crippen LogP contribution in [0, 0.1) is 0 Å². The van der Waals surface area contributed by atoms with E-state index in [0.29, 0.717) is 0 Å². The molecule has 1 fully saturated rings. The van der Waals surface area contributed by atoms with Crippen molar-refractivity contribution in [2.24, 2.45) is 0 Å². The van der Waals surface area contributed by atoms with Gasteiger partial charge in [0.2, 0.25) is 0 Å². The molecule has 0 bridgehead atoms. The normalized spacial score (nSPS) is 16.4. The summed E-state index contributed by atoms with van der Waals surface area (Å²) in [5.41, 5.74) is 1.04. The smallest absolute Gasteiger partial charge is 0.150 e. The van der Waals surface area contributed by atoms with Crippen LogP contribution in [0.15, 0.2) is 24.3 Å². The predicted molar refractivity (Wildman–Crippen MR) is 76.7 cm³/mol. The average Bonchev–Trinajstić information content (AvgIpc) is 2.39. The van der Waals surface area contributed by atoms with Crippen LogP contribution in [0.5, 0.6) is 5.75 Å². The number of nitrogens with one attached hydrogen (secondary N) is 1. The summed E-state index contributed by atoms with van der Waals surface area (Å²) >= 11 is 0. The van der Waals surface area contributed by atoms with Gasteiger partial charge in [-0.2, -0.15) is 0 Å². The minimum Gasteiger partial charge on any atom is -0.490 e. The highest BCUT2D eigenvalue weighted by atomic mass is 32.2. The number of rotatable bonds is 5. The zero-order chi connectivity index (χ0) is 13.7. The number of para-hydroxylation sites is 2. The summed E-state index contributed by atoms with van der Waals surface area (Å²) in [5.74, 6) is 0.802. The van der Waals surface area contributed by atoms with E-state index < -0.39 is 9.84 Å². The minimum absolute atomic E-state index is 0.0445. The van der Waals surface area contributed by atoms with Gasteiger partial charge in [-0.25, -0.2) is 8.42 Å². The van der Waals surface area contributed by atoms with Crippen molar-refractivity contribution in [2.45, 2.75) is 0 Å². The molecule has 0 spiro atoms. The predicted octanol–water partition coefficient (Wildman–Crippen LogP) is 0.520. The third-order valence-corrected chi connectivity index (χ3v) is 3.94. The van der Waals surface area contributed by atoms with Crippen molar-refractivity contribution in [1.82, 2.24) is 5.32 Å². The number of hydrogen-bond donors (Lipinski definition) is 1. The topological polar surface area (TPSA) is 58.6 Å². The van der Waals surface area contributed by atoms with Crippen molar-refractivity contribution in [3.05, 3.63) is 24.3 Å². The second-order valence-corrected chi connectivity index (χ2v) is 6.94. The molecule has 1 heterocycles. The molecule has 106 valence electrons. The Morgan fingerprint density at radius 3 is 2.63 bits per heavy atom. The fourth-order valence-electron chi connectivity index (χ4n) is 2.05. The standard InChI is InChI=1S/C13H20N2O3S/c1-19(16,17)11-10-18-13-5-3-2-4-12(13)15-8-6-14-7-9-15/h2-5,14H,6-11H2,1H3. The first-order valence-corrected chi connectivity index (χ1v) is 8.47. The lowest BCUT2D eigenvalue weighted by Crippen LogP contribution is -2.43. The van der Waals surface area contributed by atoms with Crippen LogP contribution in [0.3, 0.4) is 0 Å². The largest absolute Gasteiger partial charge is 0.490 e. The molecule has 6 heteroatoms. The highest BCUT2D eigenvalue weighted by Crippen LogP contribution is 2.28. The van der Waals surface area contributed by atoms with Gasteiger partial charge in [-0.3, -0.25) is 0 Å². The second kappa shape index (κ2) is 6.25. The molecule has 1 aliphatic rings. The maximum absolute atomic E-state index is 11.1. The Balaban J connectivity index is 2.03. The first-order chi connectivity index (χ1) is 9.06. The van der Waals surface area contributed by atoms with E-state index in [2.05, 4.69) is 10.2 Å². The molecule has 5 nitrogen and oxygen atoms in total. The molecule has 1 aliphatic heterocycles. The number of piperazine rings is 1. The maximum Gasteiger partial charge on any atom is 0.150 e. The van der Waals surface area contributed by atoms with E-state index in [1.165, 1.54) is 6.26 Å². The molecule has 0 aliphatic carbocycles. The SMILES string of the molecule is CS(=O)(=O)CCOc1ccccc1N1CCNCC1. The molecule has 0 aromatic heterocycles. The summed E-state index contributed by atoms with van der Waals surface area (Å²) in [5, 5.41) is 3.31. The van der Waals surface area contributed by atoms with Gasteiger partial charge in [-0.05, 0) is 12.1 Å². The van der Waals surface area contributed by atoms with Crippen molar-refractivity contribution in [1.29, 1.82) is 0 Å². The molecular weight excluding hydrogens is 264 g/mol. The molecule has 1 aromatic carbocycles. The zero-order valence-electron chi connectivity index (χ0n) is 11.1. The highest BCUT2D eigenvalue weighted by Gasteiger charge is 2.14. The first-order valence-electron chi connectivity index (χ1n) is 6.41. The summed E-state index contributed by atoms with van der Waals surface area (Å²) < 4.78 is 27.8. The van der Waals surface area contributed by atoms with E-state index in [0.717, 1.165) is 37.6 Å². The monoisotopic (exact) mass is 284 g/mol. The lowest BCUT2D eigenvalue weighted by Gasteiger charge is -2.30. The van der Waals surface area contributed by atoms with Crippen LogP contribution in [-0.4, -0.2) is 53.2 Å². The summed E-state index contributed by atoms with van der Waals surface area (Å²) in [6.45, 7) is 3.98. The fourth-order valence-corrected chi connectivity index (χ4v) is 2.44. The Morgan fingerprint density at radius 1 is 1.26 bits per heavy atom. The molecule has 1 saturated heterocycles. The summed E-state index contributed by atoms with van der Waals surface area (Å²) in [6.07, 6.45) is 1.22. The van der Waals surface area contributed by atoms with E-state index in [1.807, 2.05) is 24.3 Å². The van der Waals surface area contributed by atoms with Gasteiger partial charge in [0.15, 0.2) is 9.84 Å². The lowest BCUT2D eigenvalue weighted by molar-refractivity contribution is 0.340. The van der Waals surface area contributed by atoms with E-state index in [-0.39, 0.29) is 12.4 Å². The summed E-state index contributed by atoms with van der Waals surface area (Å²) in [4.78, 5) is 2.26. The highest BCUT2D eigenvalue weighted by molar-refractivity contribution is 7.90. The summed E-state index contributed by atoms with van der Waals surface area (Å²) in [6, 6.07) is 7.78. The van der Waals surface area contributed by atoms with Gasteiger partial charge in [-0.15, -0.1) is 0 Å². The van der Waals surface area contributed by atoms with E-state index in [1.54, 1.807) is 0 Å². The van der Waals surface area contributed by atoms with Crippen molar-refractivity contribution in [3.63, 3.8) is 0 Å². The van der Waals surface area contributed by atoms with Gasteiger partial charge < -0.3 is 15.0 Å². The first kappa shape index (κ1) is 14.1. The summed E-state index contributed by atoms with van der Waals surface area (Å²) in [7, 11) is -2.98. The number of benzene rings is 1. The molecule has 1 aromatic rings. The molecule has 0 unspecified atom stereocenters. The molecular formula is C13H20N2O3S. The third-order valence-electron chi connectivity index (χ3n) is 3.03. The number of nitrogens with zero attached hydrogens (tertiary/aromatic N) is 1. The van der Waals surface area contributed by atoms with E-state index in [4.69, 9.17) is 4.74 Å². The van der Waals surface area contributed by atoms with Gasteiger partial charge in [0.05, 0.1) is 11.4 Å². The average molecular weight is 284 g/mol. The second-order valence-electron chi connectivity index (χ2n) is 4.68. The molecule has 19 heavy (non-hydrogen) atoms. The van der Waals surface area contributed by atoms with Gasteiger partial charge in [-0.1, -0.05) is 12.1 Å². The number of sulfone groups is 1. The molecule has 0 saturated carbocycles. The van der Waals surface area contributed by atoms with Crippen LogP contribution in [0.25, 0.3) is 0 Å². The van der Waals surface area contributed by atoms with E-state index >= 15 is 0 Å². The Morgan fingerprint density at radius 2 is 1.95 bits per heavy atom. The zero-order valence-corrected chi connectivity index (χ0v) is 11.9. The molecule has 0 atom stereocenters. The Hall–Kier alpha value is -1.27. The fraction of sp³-hybridized carbons (Fsp3) is 0.538. The van der Waals surface area contributed by atoms with Gasteiger partial charge in [0.1, 0.15) is 12.4 Å². The number of ether oxygens (including phenoxy) is 1. The van der Waals surface area contributed by atoms with Crippen molar-refractivity contribution < 1.29 is 13.2 Å².